The van der Waals surface area contributed by atoms with Gasteiger partial charge in [0.25, 0.3) is 0 Å². The topological polar surface area (TPSA) is 52.8 Å². The Morgan fingerprint density at radius 2 is 1.95 bits per heavy atom. The van der Waals surface area contributed by atoms with E-state index in [1.807, 2.05) is 34.9 Å². The predicted molar refractivity (Wildman–Crippen MR) is 77.3 cm³/mol. The Morgan fingerprint density at radius 1 is 1.10 bits per heavy atom. The Bertz CT molecular complexity index is 737. The Hall–Kier alpha value is -2.82. The molecule has 5 heteroatoms. The number of hydrogen-bond acceptors (Lipinski definition) is 4. The van der Waals surface area contributed by atoms with Crippen molar-refractivity contribution in [3.63, 3.8) is 0 Å². The first kappa shape index (κ1) is 13.2. The summed E-state index contributed by atoms with van der Waals surface area (Å²) in [5.41, 5.74) is 1.90. The summed E-state index contributed by atoms with van der Waals surface area (Å²) in [5, 5.41) is 0. The maximum absolute atomic E-state index is 11.6. The van der Waals surface area contributed by atoms with Gasteiger partial charge >= 0.3 is 6.16 Å². The summed E-state index contributed by atoms with van der Waals surface area (Å²) in [6.45, 7) is 0.253. The summed E-state index contributed by atoms with van der Waals surface area (Å²) in [5.74, 6) is 0.471. The molecule has 0 spiro atoms. The van der Waals surface area contributed by atoms with Crippen LogP contribution in [-0.2, 0) is 11.2 Å². The lowest BCUT2D eigenvalue weighted by atomic mass is 10.3. The highest BCUT2D eigenvalue weighted by Crippen LogP contribution is 2.10. The van der Waals surface area contributed by atoms with Crippen LogP contribution in [0.2, 0.25) is 0 Å². The van der Waals surface area contributed by atoms with Gasteiger partial charge in [-0.2, -0.15) is 0 Å². The zero-order chi connectivity index (χ0) is 14.5. The van der Waals surface area contributed by atoms with Crippen molar-refractivity contribution < 1.29 is 14.3 Å². The van der Waals surface area contributed by atoms with Gasteiger partial charge in [0.2, 0.25) is 0 Å². The number of nitrogens with zero attached hydrogens (tertiary/aromatic N) is 2. The van der Waals surface area contributed by atoms with Gasteiger partial charge in [-0.3, -0.25) is 0 Å². The molecule has 0 radical (unpaired) electrons. The van der Waals surface area contributed by atoms with E-state index >= 15 is 0 Å². The van der Waals surface area contributed by atoms with Crippen molar-refractivity contribution in [1.82, 2.24) is 9.38 Å². The summed E-state index contributed by atoms with van der Waals surface area (Å²) in [6.07, 6.45) is 3.52. The highest BCUT2D eigenvalue weighted by atomic mass is 16.7. The quantitative estimate of drug-likeness (QED) is 0.545. The van der Waals surface area contributed by atoms with Crippen molar-refractivity contribution in [3.8, 4) is 5.75 Å². The smallest absolute Gasteiger partial charge is 0.434 e. The number of hydrogen-bond donors (Lipinski definition) is 0. The molecule has 0 saturated heterocycles. The third-order valence-electron chi connectivity index (χ3n) is 3.04. The van der Waals surface area contributed by atoms with Gasteiger partial charge in [-0.25, -0.2) is 9.78 Å². The van der Waals surface area contributed by atoms with Crippen LogP contribution in [0.15, 0.2) is 60.9 Å². The number of carbonyl (C=O) groups is 1. The normalized spacial score (nSPS) is 10.5. The zero-order valence-corrected chi connectivity index (χ0v) is 11.3. The van der Waals surface area contributed by atoms with E-state index in [0.29, 0.717) is 12.2 Å². The fourth-order valence-electron chi connectivity index (χ4n) is 2.06. The predicted octanol–water partition coefficient (Wildman–Crippen LogP) is 3.09. The largest absolute Gasteiger partial charge is 0.513 e. The van der Waals surface area contributed by atoms with E-state index in [0.717, 1.165) is 11.3 Å². The van der Waals surface area contributed by atoms with Crippen molar-refractivity contribution in [2.75, 3.05) is 6.61 Å². The van der Waals surface area contributed by atoms with Crippen LogP contribution in [0.25, 0.3) is 5.65 Å². The van der Waals surface area contributed by atoms with E-state index in [-0.39, 0.29) is 6.61 Å². The summed E-state index contributed by atoms with van der Waals surface area (Å²) < 4.78 is 12.1. The van der Waals surface area contributed by atoms with Crippen LogP contribution in [0.1, 0.15) is 5.69 Å². The molecule has 2 heterocycles. The van der Waals surface area contributed by atoms with Gasteiger partial charge in [0.15, 0.2) is 0 Å². The summed E-state index contributed by atoms with van der Waals surface area (Å²) in [7, 11) is 0. The molecule has 3 aromatic rings. The molecular formula is C16H14N2O3. The number of aromatic nitrogens is 2. The molecule has 0 aliphatic rings. The number of para-hydroxylation sites is 1. The van der Waals surface area contributed by atoms with E-state index in [9.17, 15) is 4.79 Å². The number of imidazole rings is 1. The minimum absolute atomic E-state index is 0.253. The number of rotatable bonds is 4. The Labute approximate surface area is 121 Å². The standard InChI is InChI=1S/C16H14N2O3/c19-16(21-14-6-2-1-3-7-14)20-12-9-13-5-4-8-15-17-10-11-18(13)15/h1-8,10-11H,9,12H2. The Morgan fingerprint density at radius 3 is 2.81 bits per heavy atom. The molecule has 0 fully saturated rings. The first-order valence-corrected chi connectivity index (χ1v) is 6.63. The Balaban J connectivity index is 1.54. The van der Waals surface area contributed by atoms with E-state index in [2.05, 4.69) is 4.98 Å². The molecule has 0 aliphatic carbocycles. The number of carbonyl (C=O) groups excluding carboxylic acids is 1. The third-order valence-corrected chi connectivity index (χ3v) is 3.04. The molecule has 0 saturated carbocycles. The average molecular weight is 282 g/mol. The molecule has 0 unspecified atom stereocenters. The van der Waals surface area contributed by atoms with Crippen LogP contribution in [0, 0.1) is 0 Å². The number of fused-ring (bicyclic) bond motifs is 1. The number of benzene rings is 1. The highest BCUT2D eigenvalue weighted by molar-refractivity contribution is 5.63. The minimum Gasteiger partial charge on any atom is -0.434 e. The molecule has 1 aromatic carbocycles. The second kappa shape index (κ2) is 6.09. The first-order valence-electron chi connectivity index (χ1n) is 6.63. The summed E-state index contributed by atoms with van der Waals surface area (Å²) in [6, 6.07) is 14.7. The van der Waals surface area contributed by atoms with Gasteiger partial charge in [0, 0.05) is 24.5 Å². The lowest BCUT2D eigenvalue weighted by Crippen LogP contribution is -2.13. The highest BCUT2D eigenvalue weighted by Gasteiger charge is 2.06. The first-order chi connectivity index (χ1) is 10.3. The lowest BCUT2D eigenvalue weighted by Gasteiger charge is -2.07. The van der Waals surface area contributed by atoms with Gasteiger partial charge < -0.3 is 13.9 Å². The van der Waals surface area contributed by atoms with Crippen LogP contribution >= 0.6 is 0 Å². The molecule has 0 amide bonds. The Kier molecular flexibility index (Phi) is 3.82. The monoisotopic (exact) mass is 282 g/mol. The number of ether oxygens (including phenoxy) is 2. The maximum atomic E-state index is 11.6. The third kappa shape index (κ3) is 3.20. The molecule has 106 valence electrons. The minimum atomic E-state index is -0.695. The van der Waals surface area contributed by atoms with Crippen molar-refractivity contribution in [2.24, 2.45) is 0 Å². The van der Waals surface area contributed by atoms with Crippen molar-refractivity contribution in [2.45, 2.75) is 6.42 Å². The SMILES string of the molecule is O=C(OCCc1cccc2nccn12)Oc1ccccc1. The molecule has 0 atom stereocenters. The van der Waals surface area contributed by atoms with Gasteiger partial charge in [0.1, 0.15) is 18.0 Å². The summed E-state index contributed by atoms with van der Waals surface area (Å²) >= 11 is 0. The molecule has 0 aliphatic heterocycles. The van der Waals surface area contributed by atoms with Crippen molar-refractivity contribution >= 4 is 11.8 Å². The van der Waals surface area contributed by atoms with Crippen molar-refractivity contribution in [1.29, 1.82) is 0 Å². The second-order valence-corrected chi connectivity index (χ2v) is 4.44. The van der Waals surface area contributed by atoms with E-state index in [1.54, 1.807) is 30.5 Å². The zero-order valence-electron chi connectivity index (χ0n) is 11.3. The average Bonchev–Trinajstić information content (AvgIpc) is 2.97. The molecule has 21 heavy (non-hydrogen) atoms. The second-order valence-electron chi connectivity index (χ2n) is 4.44. The van der Waals surface area contributed by atoms with Gasteiger partial charge in [-0.1, -0.05) is 24.3 Å². The lowest BCUT2D eigenvalue weighted by molar-refractivity contribution is 0.0999. The van der Waals surface area contributed by atoms with Crippen LogP contribution < -0.4 is 4.74 Å². The van der Waals surface area contributed by atoms with Gasteiger partial charge in [0.05, 0.1) is 0 Å². The molecular weight excluding hydrogens is 268 g/mol. The van der Waals surface area contributed by atoms with Gasteiger partial charge in [-0.15, -0.1) is 0 Å². The van der Waals surface area contributed by atoms with Crippen molar-refractivity contribution in [3.05, 3.63) is 66.6 Å². The summed E-state index contributed by atoms with van der Waals surface area (Å²) in [4.78, 5) is 15.8. The maximum Gasteiger partial charge on any atom is 0.513 e. The van der Waals surface area contributed by atoms with Crippen LogP contribution in [0.4, 0.5) is 4.79 Å². The van der Waals surface area contributed by atoms with E-state index < -0.39 is 6.16 Å². The molecule has 0 bridgehead atoms. The molecule has 5 nitrogen and oxygen atoms in total. The number of pyridine rings is 1. The molecule has 0 N–H and O–H groups in total. The van der Waals surface area contributed by atoms with E-state index in [1.165, 1.54) is 0 Å². The fraction of sp³-hybridized carbons (Fsp3) is 0.125. The van der Waals surface area contributed by atoms with Crippen LogP contribution in [0.3, 0.4) is 0 Å². The molecule has 3 rings (SSSR count). The molecule has 2 aromatic heterocycles. The van der Waals surface area contributed by atoms with Crippen LogP contribution in [0.5, 0.6) is 5.75 Å². The van der Waals surface area contributed by atoms with Crippen LogP contribution in [-0.4, -0.2) is 22.1 Å². The van der Waals surface area contributed by atoms with Gasteiger partial charge in [-0.05, 0) is 24.3 Å². The van der Waals surface area contributed by atoms with E-state index in [4.69, 9.17) is 9.47 Å². The fourth-order valence-corrected chi connectivity index (χ4v) is 2.06.